The van der Waals surface area contributed by atoms with Gasteiger partial charge in [0.25, 0.3) is 5.91 Å². The van der Waals surface area contributed by atoms with Gasteiger partial charge in [-0.1, -0.05) is 58.4 Å². The van der Waals surface area contributed by atoms with Crippen LogP contribution in [-0.4, -0.2) is 35.4 Å². The number of nitrogens with one attached hydrogen (secondary N) is 2. The van der Waals surface area contributed by atoms with E-state index in [9.17, 15) is 9.59 Å². The zero-order valence-electron chi connectivity index (χ0n) is 20.1. The first-order valence-electron chi connectivity index (χ1n) is 11.4. The van der Waals surface area contributed by atoms with E-state index in [2.05, 4.69) is 31.6 Å². The number of guanidine groups is 1. The van der Waals surface area contributed by atoms with E-state index in [4.69, 9.17) is 10.5 Å². The standard InChI is InChI=1S/C27H28BrN5O3/c1-27(15-20-5-3-8-23(13-20)36-2)24(34)33(25(29)32-27)17-19-11-9-18(10-12-19)16-30-26(35)31-22-7-4-6-21(28)14-22/h3-14H,15-17H2,1-2H3,(H2,29,32)(H2,30,31,35). The lowest BCUT2D eigenvalue weighted by atomic mass is 9.92. The highest BCUT2D eigenvalue weighted by molar-refractivity contribution is 9.10. The van der Waals surface area contributed by atoms with E-state index < -0.39 is 5.54 Å². The predicted octanol–water partition coefficient (Wildman–Crippen LogP) is 4.44. The monoisotopic (exact) mass is 549 g/mol. The molecule has 0 saturated carbocycles. The number of aliphatic imine (C=N–C) groups is 1. The highest BCUT2D eigenvalue weighted by Gasteiger charge is 2.43. The second-order valence-electron chi connectivity index (χ2n) is 8.80. The van der Waals surface area contributed by atoms with Gasteiger partial charge in [-0.25, -0.2) is 9.79 Å². The van der Waals surface area contributed by atoms with E-state index in [1.807, 2.05) is 72.8 Å². The molecule has 3 amide bonds. The molecule has 9 heteroatoms. The number of carbonyl (C=O) groups excluding carboxylic acids is 2. The van der Waals surface area contributed by atoms with Crippen molar-refractivity contribution in [2.45, 2.75) is 32.0 Å². The van der Waals surface area contributed by atoms with Crippen LogP contribution >= 0.6 is 15.9 Å². The lowest BCUT2D eigenvalue weighted by molar-refractivity contribution is -0.131. The van der Waals surface area contributed by atoms with Gasteiger partial charge in [-0.05, 0) is 53.9 Å². The second-order valence-corrected chi connectivity index (χ2v) is 9.71. The summed E-state index contributed by atoms with van der Waals surface area (Å²) in [6.07, 6.45) is 0.423. The topological polar surface area (TPSA) is 109 Å². The van der Waals surface area contributed by atoms with Crippen molar-refractivity contribution in [3.63, 3.8) is 0 Å². The quantitative estimate of drug-likeness (QED) is 0.386. The molecule has 0 bridgehead atoms. The number of methoxy groups -OCH3 is 1. The van der Waals surface area contributed by atoms with Gasteiger partial charge in [-0.3, -0.25) is 9.69 Å². The van der Waals surface area contributed by atoms with Crippen LogP contribution in [0.4, 0.5) is 10.5 Å². The zero-order valence-corrected chi connectivity index (χ0v) is 21.7. The van der Waals surface area contributed by atoms with Crippen molar-refractivity contribution in [3.8, 4) is 5.75 Å². The second kappa shape index (κ2) is 10.8. The van der Waals surface area contributed by atoms with Crippen LogP contribution < -0.4 is 21.1 Å². The van der Waals surface area contributed by atoms with E-state index in [1.54, 1.807) is 14.0 Å². The van der Waals surface area contributed by atoms with Gasteiger partial charge in [0.2, 0.25) is 0 Å². The van der Waals surface area contributed by atoms with Gasteiger partial charge < -0.3 is 21.1 Å². The Morgan fingerprint density at radius 3 is 2.50 bits per heavy atom. The third kappa shape index (κ3) is 6.04. The number of ether oxygens (including phenoxy) is 1. The number of anilines is 1. The van der Waals surface area contributed by atoms with Crippen molar-refractivity contribution in [2.24, 2.45) is 10.7 Å². The summed E-state index contributed by atoms with van der Waals surface area (Å²) in [5.41, 5.74) is 8.68. The van der Waals surface area contributed by atoms with Gasteiger partial charge >= 0.3 is 6.03 Å². The fourth-order valence-electron chi connectivity index (χ4n) is 4.07. The first-order chi connectivity index (χ1) is 17.3. The first kappa shape index (κ1) is 25.2. The number of amides is 3. The fraction of sp³-hybridized carbons (Fsp3) is 0.222. The molecule has 186 valence electrons. The average Bonchev–Trinajstić information content (AvgIpc) is 3.06. The molecule has 3 aromatic rings. The summed E-state index contributed by atoms with van der Waals surface area (Å²) in [7, 11) is 1.61. The molecule has 4 rings (SSSR count). The molecule has 1 heterocycles. The molecule has 0 spiro atoms. The molecule has 1 aliphatic heterocycles. The Bertz CT molecular complexity index is 1290. The maximum Gasteiger partial charge on any atom is 0.319 e. The lowest BCUT2D eigenvalue weighted by Crippen LogP contribution is -2.43. The Labute approximate surface area is 218 Å². The highest BCUT2D eigenvalue weighted by Crippen LogP contribution is 2.28. The summed E-state index contributed by atoms with van der Waals surface area (Å²) in [4.78, 5) is 31.5. The maximum atomic E-state index is 13.3. The van der Waals surface area contributed by atoms with Crippen molar-refractivity contribution in [3.05, 3.63) is 94.0 Å². The summed E-state index contributed by atoms with van der Waals surface area (Å²) in [6, 6.07) is 22.4. The Morgan fingerprint density at radius 2 is 1.78 bits per heavy atom. The zero-order chi connectivity index (χ0) is 25.7. The van der Waals surface area contributed by atoms with Gasteiger partial charge in [0.05, 0.1) is 13.7 Å². The molecule has 1 atom stereocenters. The summed E-state index contributed by atoms with van der Waals surface area (Å²) in [5, 5.41) is 5.63. The number of carbonyl (C=O) groups is 2. The predicted molar refractivity (Wildman–Crippen MR) is 144 cm³/mol. The molecular weight excluding hydrogens is 522 g/mol. The molecule has 0 aliphatic carbocycles. The van der Waals surface area contributed by atoms with Crippen LogP contribution in [0.1, 0.15) is 23.6 Å². The number of halogens is 1. The number of rotatable bonds is 8. The number of urea groups is 1. The Balaban J connectivity index is 1.33. The highest BCUT2D eigenvalue weighted by atomic mass is 79.9. The van der Waals surface area contributed by atoms with E-state index in [0.29, 0.717) is 25.2 Å². The molecular formula is C27H28BrN5O3. The molecule has 1 unspecified atom stereocenters. The van der Waals surface area contributed by atoms with Crippen LogP contribution in [0.15, 0.2) is 82.3 Å². The number of hydrogen-bond acceptors (Lipinski definition) is 5. The van der Waals surface area contributed by atoms with Gasteiger partial charge in [0.15, 0.2) is 5.96 Å². The van der Waals surface area contributed by atoms with E-state index in [-0.39, 0.29) is 17.9 Å². The number of hydrogen-bond donors (Lipinski definition) is 3. The summed E-state index contributed by atoms with van der Waals surface area (Å²) >= 11 is 3.38. The Kier molecular flexibility index (Phi) is 7.59. The average molecular weight is 550 g/mol. The molecule has 3 aromatic carbocycles. The molecule has 4 N–H and O–H groups in total. The van der Waals surface area contributed by atoms with Crippen molar-refractivity contribution in [1.82, 2.24) is 10.2 Å². The number of nitrogens with two attached hydrogens (primary N) is 1. The van der Waals surface area contributed by atoms with E-state index in [0.717, 1.165) is 26.9 Å². The van der Waals surface area contributed by atoms with Crippen LogP contribution in [0.3, 0.4) is 0 Å². The Morgan fingerprint density at radius 1 is 1.06 bits per heavy atom. The number of nitrogens with zero attached hydrogens (tertiary/aromatic N) is 2. The normalized spacial score (nSPS) is 17.0. The summed E-state index contributed by atoms with van der Waals surface area (Å²) < 4.78 is 6.17. The van der Waals surface area contributed by atoms with Gasteiger partial charge in [0, 0.05) is 23.1 Å². The third-order valence-corrected chi connectivity index (χ3v) is 6.42. The fourth-order valence-corrected chi connectivity index (χ4v) is 4.47. The van der Waals surface area contributed by atoms with Gasteiger partial charge in [0.1, 0.15) is 11.3 Å². The molecule has 0 radical (unpaired) electrons. The smallest absolute Gasteiger partial charge is 0.319 e. The van der Waals surface area contributed by atoms with E-state index in [1.165, 1.54) is 4.90 Å². The van der Waals surface area contributed by atoms with Crippen molar-refractivity contribution < 1.29 is 14.3 Å². The minimum Gasteiger partial charge on any atom is -0.497 e. The van der Waals surface area contributed by atoms with Crippen molar-refractivity contribution in [1.29, 1.82) is 0 Å². The Hall–Kier alpha value is -3.85. The molecule has 0 saturated heterocycles. The largest absolute Gasteiger partial charge is 0.497 e. The third-order valence-electron chi connectivity index (χ3n) is 5.93. The van der Waals surface area contributed by atoms with Crippen LogP contribution in [0.5, 0.6) is 5.75 Å². The van der Waals surface area contributed by atoms with Crippen LogP contribution in [-0.2, 0) is 24.3 Å². The molecule has 0 aromatic heterocycles. The van der Waals surface area contributed by atoms with Crippen LogP contribution in [0.2, 0.25) is 0 Å². The van der Waals surface area contributed by atoms with Crippen molar-refractivity contribution in [2.75, 3.05) is 12.4 Å². The summed E-state index contributed by atoms with van der Waals surface area (Å²) in [6.45, 7) is 2.49. The van der Waals surface area contributed by atoms with Crippen LogP contribution in [0, 0.1) is 0 Å². The van der Waals surface area contributed by atoms with Crippen LogP contribution in [0.25, 0.3) is 0 Å². The van der Waals surface area contributed by atoms with E-state index >= 15 is 0 Å². The first-order valence-corrected chi connectivity index (χ1v) is 12.2. The minimum absolute atomic E-state index is 0.141. The number of benzene rings is 3. The lowest BCUT2D eigenvalue weighted by Gasteiger charge is -2.22. The summed E-state index contributed by atoms with van der Waals surface area (Å²) in [5.74, 6) is 0.800. The molecule has 1 aliphatic rings. The minimum atomic E-state index is -0.970. The molecule has 0 fully saturated rings. The maximum absolute atomic E-state index is 13.3. The molecule has 36 heavy (non-hydrogen) atoms. The van der Waals surface area contributed by atoms with Gasteiger partial charge in [-0.15, -0.1) is 0 Å². The van der Waals surface area contributed by atoms with Crippen molar-refractivity contribution >= 4 is 39.5 Å². The SMILES string of the molecule is COc1cccc(CC2(C)N=C(N)N(Cc3ccc(CNC(=O)Nc4cccc(Br)c4)cc3)C2=O)c1. The molecule has 8 nitrogen and oxygen atoms in total. The van der Waals surface area contributed by atoms with Gasteiger partial charge in [-0.2, -0.15) is 0 Å².